The third-order valence-electron chi connectivity index (χ3n) is 3.33. The molecule has 0 saturated heterocycles. The molecule has 1 saturated carbocycles. The molecule has 16 heavy (non-hydrogen) atoms. The number of amides is 1. The van der Waals surface area contributed by atoms with Gasteiger partial charge in [0.05, 0.1) is 11.3 Å². The molecule has 1 heterocycles. The van der Waals surface area contributed by atoms with Crippen LogP contribution in [0.2, 0.25) is 0 Å². The Bertz CT molecular complexity index is 489. The van der Waals surface area contributed by atoms with Crippen molar-refractivity contribution in [2.24, 2.45) is 5.92 Å². The first-order valence-corrected chi connectivity index (χ1v) is 5.64. The van der Waals surface area contributed by atoms with Gasteiger partial charge in [-0.25, -0.2) is 0 Å². The van der Waals surface area contributed by atoms with E-state index in [0.717, 1.165) is 11.3 Å². The first-order chi connectivity index (χ1) is 7.68. The molecule has 3 nitrogen and oxygen atoms in total. The van der Waals surface area contributed by atoms with Crippen LogP contribution in [0, 0.1) is 12.8 Å². The van der Waals surface area contributed by atoms with Gasteiger partial charge in [-0.1, -0.05) is 12.1 Å². The lowest BCUT2D eigenvalue weighted by molar-refractivity contribution is -0.114. The number of rotatable bonds is 2. The van der Waals surface area contributed by atoms with Crippen molar-refractivity contribution >= 4 is 17.4 Å². The van der Waals surface area contributed by atoms with Crippen LogP contribution in [-0.4, -0.2) is 18.2 Å². The summed E-state index contributed by atoms with van der Waals surface area (Å²) in [5, 5.41) is 0. The van der Waals surface area contributed by atoms with Gasteiger partial charge in [-0.05, 0) is 37.3 Å². The van der Waals surface area contributed by atoms with Gasteiger partial charge in [0.1, 0.15) is 0 Å². The van der Waals surface area contributed by atoms with Gasteiger partial charge in [-0.2, -0.15) is 0 Å². The maximum absolute atomic E-state index is 11.9. The van der Waals surface area contributed by atoms with E-state index in [1.807, 2.05) is 19.1 Å². The number of hydrogen-bond acceptors (Lipinski definition) is 2. The lowest BCUT2D eigenvalue weighted by atomic mass is 10.1. The Balaban J connectivity index is 2.07. The van der Waals surface area contributed by atoms with E-state index in [9.17, 15) is 9.59 Å². The van der Waals surface area contributed by atoms with Crippen LogP contribution in [0.15, 0.2) is 18.2 Å². The zero-order valence-corrected chi connectivity index (χ0v) is 9.19. The lowest BCUT2D eigenvalue weighted by Gasteiger charge is -2.17. The fourth-order valence-electron chi connectivity index (χ4n) is 2.27. The summed E-state index contributed by atoms with van der Waals surface area (Å²) in [6.07, 6.45) is 2.36. The van der Waals surface area contributed by atoms with Crippen LogP contribution in [-0.2, 0) is 4.79 Å². The largest absolute Gasteiger partial charge is 0.304 e. The number of aryl methyl sites for hydroxylation is 1. The minimum Gasteiger partial charge on any atom is -0.304 e. The number of carbonyl (C=O) groups excluding carboxylic acids is 2. The second kappa shape index (κ2) is 3.17. The maximum atomic E-state index is 11.9. The molecule has 0 spiro atoms. The van der Waals surface area contributed by atoms with Gasteiger partial charge >= 0.3 is 0 Å². The molecular weight excluding hydrogens is 202 g/mol. The van der Waals surface area contributed by atoms with Crippen molar-refractivity contribution in [3.8, 4) is 0 Å². The van der Waals surface area contributed by atoms with Gasteiger partial charge in [-0.15, -0.1) is 0 Å². The Hall–Kier alpha value is -1.64. The molecular formula is C13H13NO2. The summed E-state index contributed by atoms with van der Waals surface area (Å²) in [6, 6.07) is 5.53. The number of fused-ring (bicyclic) bond motifs is 1. The quantitative estimate of drug-likeness (QED) is 0.707. The molecule has 82 valence electrons. The monoisotopic (exact) mass is 215 g/mol. The number of anilines is 1. The summed E-state index contributed by atoms with van der Waals surface area (Å²) in [6.45, 7) is 2.66. The predicted molar refractivity (Wildman–Crippen MR) is 60.6 cm³/mol. The average Bonchev–Trinajstić information content (AvgIpc) is 3.04. The number of para-hydroxylation sites is 1. The van der Waals surface area contributed by atoms with Crippen LogP contribution in [0.25, 0.3) is 0 Å². The lowest BCUT2D eigenvalue weighted by Crippen LogP contribution is -2.31. The number of nitrogens with zero attached hydrogens (tertiary/aromatic N) is 1. The predicted octanol–water partition coefficient (Wildman–Crippen LogP) is 1.93. The van der Waals surface area contributed by atoms with Crippen LogP contribution < -0.4 is 4.90 Å². The second-order valence-electron chi connectivity index (χ2n) is 4.66. The molecule has 0 atom stereocenters. The summed E-state index contributed by atoms with van der Waals surface area (Å²) in [5.41, 5.74) is 2.42. The van der Waals surface area contributed by atoms with E-state index in [2.05, 4.69) is 0 Å². The maximum Gasteiger partial charge on any atom is 0.299 e. The van der Waals surface area contributed by atoms with Crippen molar-refractivity contribution < 1.29 is 9.59 Å². The normalized spacial score (nSPS) is 19.2. The minimum absolute atomic E-state index is 0.348. The summed E-state index contributed by atoms with van der Waals surface area (Å²) in [7, 11) is 0. The van der Waals surface area contributed by atoms with Crippen molar-refractivity contribution in [3.05, 3.63) is 29.3 Å². The molecule has 1 aliphatic heterocycles. The Kier molecular flexibility index (Phi) is 1.90. The molecule has 3 rings (SSSR count). The van der Waals surface area contributed by atoms with Crippen LogP contribution >= 0.6 is 0 Å². The summed E-state index contributed by atoms with van der Waals surface area (Å²) < 4.78 is 0. The Morgan fingerprint density at radius 3 is 2.75 bits per heavy atom. The van der Waals surface area contributed by atoms with E-state index in [4.69, 9.17) is 0 Å². The van der Waals surface area contributed by atoms with Crippen LogP contribution in [0.3, 0.4) is 0 Å². The van der Waals surface area contributed by atoms with Gasteiger partial charge < -0.3 is 4.90 Å². The highest BCUT2D eigenvalue weighted by molar-refractivity contribution is 6.52. The molecule has 0 unspecified atom stereocenters. The fraction of sp³-hybridized carbons (Fsp3) is 0.385. The van der Waals surface area contributed by atoms with Crippen molar-refractivity contribution in [1.29, 1.82) is 0 Å². The molecule has 1 fully saturated rings. The molecule has 2 aliphatic rings. The van der Waals surface area contributed by atoms with Crippen molar-refractivity contribution in [2.45, 2.75) is 19.8 Å². The molecule has 0 aromatic heterocycles. The van der Waals surface area contributed by atoms with E-state index in [0.29, 0.717) is 18.0 Å². The molecule has 1 aliphatic carbocycles. The first-order valence-electron chi connectivity index (χ1n) is 5.64. The van der Waals surface area contributed by atoms with E-state index in [-0.39, 0.29) is 11.7 Å². The molecule has 3 heteroatoms. The topological polar surface area (TPSA) is 37.4 Å². The number of Topliss-reactive ketones (excluding diaryl/α,β-unsaturated/α-hetero) is 1. The van der Waals surface area contributed by atoms with Crippen molar-refractivity contribution in [2.75, 3.05) is 11.4 Å². The number of carbonyl (C=O) groups is 2. The summed E-state index contributed by atoms with van der Waals surface area (Å²) >= 11 is 0. The third-order valence-corrected chi connectivity index (χ3v) is 3.33. The Morgan fingerprint density at radius 2 is 2.06 bits per heavy atom. The van der Waals surface area contributed by atoms with Gasteiger partial charge in [0, 0.05) is 6.54 Å². The SMILES string of the molecule is Cc1cccc2c1N(CC1CC1)C(=O)C2=O. The molecule has 0 N–H and O–H groups in total. The van der Waals surface area contributed by atoms with Gasteiger partial charge in [0.2, 0.25) is 0 Å². The van der Waals surface area contributed by atoms with Crippen LogP contribution in [0.5, 0.6) is 0 Å². The minimum atomic E-state index is -0.351. The Labute approximate surface area is 94.1 Å². The van der Waals surface area contributed by atoms with E-state index in [1.54, 1.807) is 11.0 Å². The zero-order valence-electron chi connectivity index (χ0n) is 9.19. The first kappa shape index (κ1) is 9.58. The third kappa shape index (κ3) is 1.28. The Morgan fingerprint density at radius 1 is 1.31 bits per heavy atom. The second-order valence-corrected chi connectivity index (χ2v) is 4.66. The van der Waals surface area contributed by atoms with Crippen LogP contribution in [0.4, 0.5) is 5.69 Å². The molecule has 0 bridgehead atoms. The van der Waals surface area contributed by atoms with Crippen LogP contribution in [0.1, 0.15) is 28.8 Å². The highest BCUT2D eigenvalue weighted by Crippen LogP contribution is 2.37. The van der Waals surface area contributed by atoms with E-state index in [1.165, 1.54) is 12.8 Å². The molecule has 1 aromatic carbocycles. The highest BCUT2D eigenvalue weighted by Gasteiger charge is 2.39. The van der Waals surface area contributed by atoms with Gasteiger partial charge in [0.25, 0.3) is 11.7 Å². The summed E-state index contributed by atoms with van der Waals surface area (Å²) in [4.78, 5) is 25.3. The molecule has 1 aromatic rings. The average molecular weight is 215 g/mol. The van der Waals surface area contributed by atoms with Crippen molar-refractivity contribution in [1.82, 2.24) is 0 Å². The van der Waals surface area contributed by atoms with Crippen molar-refractivity contribution in [3.63, 3.8) is 0 Å². The smallest absolute Gasteiger partial charge is 0.299 e. The van der Waals surface area contributed by atoms with E-state index < -0.39 is 0 Å². The van der Waals surface area contributed by atoms with Gasteiger partial charge in [0.15, 0.2) is 0 Å². The number of hydrogen-bond donors (Lipinski definition) is 0. The molecule has 0 radical (unpaired) electrons. The number of ketones is 1. The van der Waals surface area contributed by atoms with Gasteiger partial charge in [-0.3, -0.25) is 9.59 Å². The standard InChI is InChI=1S/C13H13NO2/c1-8-3-2-4-10-11(8)14(7-9-5-6-9)13(16)12(10)15/h2-4,9H,5-7H2,1H3. The zero-order chi connectivity index (χ0) is 11.3. The number of benzene rings is 1. The highest BCUT2D eigenvalue weighted by atomic mass is 16.2. The fourth-order valence-corrected chi connectivity index (χ4v) is 2.27. The summed E-state index contributed by atoms with van der Waals surface area (Å²) in [5.74, 6) is -0.0992. The van der Waals surface area contributed by atoms with E-state index >= 15 is 0 Å². The molecule has 1 amide bonds.